The molecule has 2 aromatic carbocycles. The van der Waals surface area contributed by atoms with E-state index in [0.29, 0.717) is 5.75 Å². The van der Waals surface area contributed by atoms with Crippen LogP contribution in [-0.4, -0.2) is 31.3 Å². The van der Waals surface area contributed by atoms with Gasteiger partial charge in [0.25, 0.3) is 0 Å². The topological polar surface area (TPSA) is 27.9 Å². The van der Waals surface area contributed by atoms with Gasteiger partial charge in [0.15, 0.2) is 0 Å². The molecule has 3 rings (SSSR count). The van der Waals surface area contributed by atoms with Crippen LogP contribution in [0.25, 0.3) is 0 Å². The summed E-state index contributed by atoms with van der Waals surface area (Å²) < 4.78 is 0. The molecule has 0 spiro atoms. The summed E-state index contributed by atoms with van der Waals surface area (Å²) in [5.41, 5.74) is 7.53. The van der Waals surface area contributed by atoms with Gasteiger partial charge in [0, 0.05) is 16.8 Å². The van der Waals surface area contributed by atoms with Gasteiger partial charge in [-0.3, -0.25) is 0 Å². The molecule has 164 valence electrons. The maximum Gasteiger partial charge on any atom is 0.128 e. The third-order valence-corrected chi connectivity index (χ3v) is 6.48. The molecular weight excluding hydrogens is 368 g/mol. The van der Waals surface area contributed by atoms with Gasteiger partial charge in [-0.25, -0.2) is 0 Å². The molecule has 0 bridgehead atoms. The highest BCUT2D eigenvalue weighted by Crippen LogP contribution is 2.37. The molecule has 0 atom stereocenters. The minimum Gasteiger partial charge on any atom is -0.507 e. The summed E-state index contributed by atoms with van der Waals surface area (Å²) in [6.45, 7) is 22.9. The first-order valence-corrected chi connectivity index (χ1v) is 11.4. The van der Waals surface area contributed by atoms with Crippen LogP contribution < -0.4 is 9.80 Å². The Morgan fingerprint density at radius 3 is 2.10 bits per heavy atom. The minimum absolute atomic E-state index is 0.0686. The number of hydrogen-bond acceptors (Lipinski definition) is 2. The lowest BCUT2D eigenvalue weighted by molar-refractivity contribution is -0.914. The van der Waals surface area contributed by atoms with Crippen LogP contribution in [0.4, 0.5) is 5.69 Å². The highest BCUT2D eigenvalue weighted by Gasteiger charge is 2.28. The van der Waals surface area contributed by atoms with Crippen LogP contribution in [0.5, 0.6) is 5.75 Å². The maximum absolute atomic E-state index is 11.1. The standard InChI is InChI=1S/C27H40N2O/c1-19-9-10-20(2)24(15-19)29-13-11-28(12-14-29)18-21-16-22(26(3,4)5)17-23(25(21)30)27(6,7)8/h9-10,15-17,30H,11-14,18H2,1-8H3/p+1. The Balaban J connectivity index is 1.79. The number of aryl methyl sites for hydroxylation is 2. The van der Waals surface area contributed by atoms with Gasteiger partial charge in [0.1, 0.15) is 12.3 Å². The van der Waals surface area contributed by atoms with Gasteiger partial charge in [-0.15, -0.1) is 0 Å². The van der Waals surface area contributed by atoms with E-state index in [0.717, 1.165) is 43.9 Å². The molecule has 3 heteroatoms. The van der Waals surface area contributed by atoms with E-state index in [9.17, 15) is 5.11 Å². The number of hydrogen-bond donors (Lipinski definition) is 2. The van der Waals surface area contributed by atoms with Crippen LogP contribution in [0.1, 0.15) is 69.4 Å². The summed E-state index contributed by atoms with van der Waals surface area (Å²) in [4.78, 5) is 4.08. The van der Waals surface area contributed by atoms with E-state index in [1.165, 1.54) is 22.4 Å². The molecule has 30 heavy (non-hydrogen) atoms. The predicted molar refractivity (Wildman–Crippen MR) is 128 cm³/mol. The summed E-state index contributed by atoms with van der Waals surface area (Å²) in [5, 5.41) is 11.1. The van der Waals surface area contributed by atoms with Gasteiger partial charge < -0.3 is 14.9 Å². The number of nitrogens with one attached hydrogen (secondary N) is 1. The SMILES string of the molecule is Cc1ccc(C)c(N2CC[NH+](Cc3cc(C(C)(C)C)cc(C(C)(C)C)c3O)CC2)c1. The number of phenols is 1. The molecule has 0 unspecified atom stereocenters. The van der Waals surface area contributed by atoms with Gasteiger partial charge in [-0.2, -0.15) is 0 Å². The molecule has 0 amide bonds. The first-order chi connectivity index (χ1) is 13.9. The van der Waals surface area contributed by atoms with Crippen LogP contribution in [0.15, 0.2) is 30.3 Å². The fourth-order valence-corrected chi connectivity index (χ4v) is 4.40. The van der Waals surface area contributed by atoms with Gasteiger partial charge in [-0.1, -0.05) is 59.7 Å². The Labute approximate surface area is 183 Å². The zero-order chi connectivity index (χ0) is 22.3. The Morgan fingerprint density at radius 2 is 1.53 bits per heavy atom. The minimum atomic E-state index is -0.0726. The van der Waals surface area contributed by atoms with Crippen LogP contribution in [0.3, 0.4) is 0 Å². The van der Waals surface area contributed by atoms with Gasteiger partial charge in [-0.05, 0) is 53.5 Å². The molecular formula is C27H41N2O+. The molecule has 1 heterocycles. The van der Waals surface area contributed by atoms with E-state index < -0.39 is 0 Å². The lowest BCUT2D eigenvalue weighted by atomic mass is 9.79. The number of aromatic hydroxyl groups is 1. The van der Waals surface area contributed by atoms with Crippen molar-refractivity contribution in [2.45, 2.75) is 72.8 Å². The molecule has 0 aromatic heterocycles. The van der Waals surface area contributed by atoms with Crippen molar-refractivity contribution in [3.8, 4) is 5.75 Å². The number of rotatable bonds is 3. The highest BCUT2D eigenvalue weighted by atomic mass is 16.3. The van der Waals surface area contributed by atoms with Crippen molar-refractivity contribution in [2.75, 3.05) is 31.1 Å². The quantitative estimate of drug-likeness (QED) is 0.781. The predicted octanol–water partition coefficient (Wildman–Crippen LogP) is 4.51. The fraction of sp³-hybridized carbons (Fsp3) is 0.556. The fourth-order valence-electron chi connectivity index (χ4n) is 4.40. The second-order valence-corrected chi connectivity index (χ2v) is 11.2. The van der Waals surface area contributed by atoms with Crippen LogP contribution in [0.2, 0.25) is 0 Å². The van der Waals surface area contributed by atoms with E-state index in [4.69, 9.17) is 0 Å². The van der Waals surface area contributed by atoms with Crippen molar-refractivity contribution in [1.82, 2.24) is 0 Å². The summed E-state index contributed by atoms with van der Waals surface area (Å²) >= 11 is 0. The monoisotopic (exact) mass is 409 g/mol. The maximum atomic E-state index is 11.1. The van der Waals surface area contributed by atoms with E-state index in [1.54, 1.807) is 4.90 Å². The molecule has 2 aromatic rings. The average molecular weight is 410 g/mol. The molecule has 2 N–H and O–H groups in total. The third-order valence-electron chi connectivity index (χ3n) is 6.48. The van der Waals surface area contributed by atoms with Crippen LogP contribution in [-0.2, 0) is 17.4 Å². The average Bonchev–Trinajstić information content (AvgIpc) is 2.64. The number of anilines is 1. The Hall–Kier alpha value is -2.00. The van der Waals surface area contributed by atoms with E-state index in [1.807, 2.05) is 0 Å². The normalized spacial score (nSPS) is 16.2. The summed E-state index contributed by atoms with van der Waals surface area (Å²) in [5.74, 6) is 0.500. The first kappa shape index (κ1) is 22.7. The molecule has 1 fully saturated rings. The second-order valence-electron chi connectivity index (χ2n) is 11.2. The number of piperazine rings is 1. The summed E-state index contributed by atoms with van der Waals surface area (Å²) in [6.07, 6.45) is 0. The van der Waals surface area contributed by atoms with Crippen molar-refractivity contribution < 1.29 is 10.0 Å². The van der Waals surface area contributed by atoms with Gasteiger partial charge in [0.05, 0.1) is 26.2 Å². The Kier molecular flexibility index (Phi) is 6.25. The van der Waals surface area contributed by atoms with Crippen LogP contribution in [0, 0.1) is 13.8 Å². The van der Waals surface area contributed by atoms with Gasteiger partial charge >= 0.3 is 0 Å². The summed E-state index contributed by atoms with van der Waals surface area (Å²) in [6, 6.07) is 11.2. The number of nitrogens with zero attached hydrogens (tertiary/aromatic N) is 1. The zero-order valence-corrected chi connectivity index (χ0v) is 20.3. The smallest absolute Gasteiger partial charge is 0.128 e. The van der Waals surface area contributed by atoms with E-state index in [2.05, 4.69) is 90.6 Å². The zero-order valence-electron chi connectivity index (χ0n) is 20.3. The lowest BCUT2D eigenvalue weighted by Crippen LogP contribution is -3.13. The molecule has 1 saturated heterocycles. The number of benzene rings is 2. The third kappa shape index (κ3) is 5.00. The Morgan fingerprint density at radius 1 is 0.900 bits per heavy atom. The van der Waals surface area contributed by atoms with Crippen molar-refractivity contribution in [3.05, 3.63) is 58.1 Å². The number of phenolic OH excluding ortho intramolecular Hbond substituents is 1. The van der Waals surface area contributed by atoms with Crippen molar-refractivity contribution in [1.29, 1.82) is 0 Å². The van der Waals surface area contributed by atoms with Crippen molar-refractivity contribution in [2.24, 2.45) is 0 Å². The summed E-state index contributed by atoms with van der Waals surface area (Å²) in [7, 11) is 0. The first-order valence-electron chi connectivity index (χ1n) is 11.4. The molecule has 1 aliphatic rings. The highest BCUT2D eigenvalue weighted by molar-refractivity contribution is 5.55. The molecule has 0 radical (unpaired) electrons. The van der Waals surface area contributed by atoms with Gasteiger partial charge in [0.2, 0.25) is 0 Å². The van der Waals surface area contributed by atoms with E-state index in [-0.39, 0.29) is 10.8 Å². The molecule has 0 saturated carbocycles. The van der Waals surface area contributed by atoms with Crippen molar-refractivity contribution >= 4 is 5.69 Å². The Bertz CT molecular complexity index is 894. The molecule has 1 aliphatic heterocycles. The second kappa shape index (κ2) is 8.26. The molecule has 0 aliphatic carbocycles. The lowest BCUT2D eigenvalue weighted by Gasteiger charge is -2.35. The largest absolute Gasteiger partial charge is 0.507 e. The molecule has 3 nitrogen and oxygen atoms in total. The van der Waals surface area contributed by atoms with Crippen molar-refractivity contribution in [3.63, 3.8) is 0 Å². The van der Waals surface area contributed by atoms with Crippen LogP contribution >= 0.6 is 0 Å². The number of quaternary nitrogens is 1. The van der Waals surface area contributed by atoms with E-state index >= 15 is 0 Å².